The summed E-state index contributed by atoms with van der Waals surface area (Å²) in [4.78, 5) is 0. The Labute approximate surface area is 91.9 Å². The molecule has 0 saturated heterocycles. The van der Waals surface area contributed by atoms with Crippen LogP contribution in [-0.4, -0.2) is 30.3 Å². The third-order valence-electron chi connectivity index (χ3n) is 1.47. The van der Waals surface area contributed by atoms with Crippen molar-refractivity contribution in [1.29, 1.82) is 0 Å². The molecule has 16 heavy (non-hydrogen) atoms. The van der Waals surface area contributed by atoms with Gasteiger partial charge in [0.15, 0.2) is 0 Å². The second kappa shape index (κ2) is 5.95. The topological polar surface area (TPSA) is 12.0 Å². The zero-order valence-corrected chi connectivity index (χ0v) is 8.94. The molecule has 0 saturated carbocycles. The molecule has 98 valence electrons. The first-order valence-corrected chi connectivity index (χ1v) is 5.13. The van der Waals surface area contributed by atoms with Crippen molar-refractivity contribution < 1.29 is 30.7 Å². The zero-order chi connectivity index (χ0) is 13.0. The Balaban J connectivity index is 4.40. The molecule has 0 amide bonds. The number of hydrogen-bond acceptors (Lipinski definition) is 2. The first kappa shape index (κ1) is 15.8. The molecule has 1 nitrogen and oxygen atoms in total. The standard InChI is InChI=1S/C7H10F7NS/c1-2-3-15-16-5(9)6(10,11)4(8)7(12,13)14/h4-5,15H,2-3H2,1H3. The van der Waals surface area contributed by atoms with Crippen molar-refractivity contribution in [3.63, 3.8) is 0 Å². The van der Waals surface area contributed by atoms with Crippen LogP contribution in [0.15, 0.2) is 0 Å². The van der Waals surface area contributed by atoms with Crippen molar-refractivity contribution in [1.82, 2.24) is 4.72 Å². The second-order valence-corrected chi connectivity index (χ2v) is 3.85. The van der Waals surface area contributed by atoms with Crippen LogP contribution in [0.25, 0.3) is 0 Å². The molecule has 0 radical (unpaired) electrons. The van der Waals surface area contributed by atoms with E-state index in [0.29, 0.717) is 6.42 Å². The lowest BCUT2D eigenvalue weighted by atomic mass is 10.2. The Bertz CT molecular complexity index is 207. The maximum atomic E-state index is 12.7. The van der Waals surface area contributed by atoms with Crippen molar-refractivity contribution in [3.05, 3.63) is 0 Å². The highest BCUT2D eigenvalue weighted by molar-refractivity contribution is 7.97. The first-order valence-electron chi connectivity index (χ1n) is 4.25. The minimum Gasteiger partial charge on any atom is -0.261 e. The molecule has 0 spiro atoms. The fourth-order valence-corrected chi connectivity index (χ4v) is 1.39. The Hall–Kier alpha value is -0.180. The molecule has 0 aromatic rings. The fraction of sp³-hybridized carbons (Fsp3) is 1.00. The minimum absolute atomic E-state index is 0.129. The largest absolute Gasteiger partial charge is 0.425 e. The first-order chi connectivity index (χ1) is 7.14. The van der Waals surface area contributed by atoms with Gasteiger partial charge in [0.05, 0.1) is 0 Å². The van der Waals surface area contributed by atoms with E-state index >= 15 is 0 Å². The summed E-state index contributed by atoms with van der Waals surface area (Å²) in [5, 5.41) is 0. The predicted octanol–water partition coefficient (Wildman–Crippen LogP) is 3.47. The van der Waals surface area contributed by atoms with E-state index in [0.717, 1.165) is 0 Å². The van der Waals surface area contributed by atoms with Crippen LogP contribution in [0.3, 0.4) is 0 Å². The highest BCUT2D eigenvalue weighted by Crippen LogP contribution is 2.40. The zero-order valence-electron chi connectivity index (χ0n) is 8.12. The average molecular weight is 273 g/mol. The summed E-state index contributed by atoms with van der Waals surface area (Å²) in [6.07, 6.45) is -9.81. The smallest absolute Gasteiger partial charge is 0.261 e. The molecule has 0 aromatic heterocycles. The Morgan fingerprint density at radius 2 is 1.62 bits per heavy atom. The van der Waals surface area contributed by atoms with E-state index in [1.807, 2.05) is 0 Å². The monoisotopic (exact) mass is 273 g/mol. The maximum absolute atomic E-state index is 12.7. The van der Waals surface area contributed by atoms with Gasteiger partial charge in [-0.25, -0.2) is 8.78 Å². The Morgan fingerprint density at radius 3 is 2.00 bits per heavy atom. The van der Waals surface area contributed by atoms with Gasteiger partial charge in [-0.05, 0) is 18.4 Å². The lowest BCUT2D eigenvalue weighted by Crippen LogP contribution is -2.47. The molecule has 9 heteroatoms. The van der Waals surface area contributed by atoms with Crippen LogP contribution in [0.4, 0.5) is 30.7 Å². The molecular formula is C7H10F7NS. The van der Waals surface area contributed by atoms with E-state index in [2.05, 4.69) is 4.72 Å². The van der Waals surface area contributed by atoms with E-state index < -0.39 is 23.8 Å². The third-order valence-corrected chi connectivity index (χ3v) is 2.36. The normalized spacial score (nSPS) is 17.2. The van der Waals surface area contributed by atoms with Crippen molar-refractivity contribution >= 4 is 11.9 Å². The molecule has 0 fully saturated rings. The lowest BCUT2D eigenvalue weighted by molar-refractivity contribution is -0.250. The van der Waals surface area contributed by atoms with Crippen molar-refractivity contribution in [3.8, 4) is 0 Å². The van der Waals surface area contributed by atoms with Gasteiger partial charge in [-0.1, -0.05) is 6.92 Å². The van der Waals surface area contributed by atoms with Gasteiger partial charge in [0, 0.05) is 6.54 Å². The highest BCUT2D eigenvalue weighted by atomic mass is 32.2. The molecule has 0 bridgehead atoms. The quantitative estimate of drug-likeness (QED) is 0.452. The van der Waals surface area contributed by atoms with Crippen LogP contribution in [0, 0.1) is 0 Å². The highest BCUT2D eigenvalue weighted by Gasteiger charge is 2.61. The van der Waals surface area contributed by atoms with Gasteiger partial charge in [0.2, 0.25) is 5.50 Å². The molecule has 0 rings (SSSR count). The van der Waals surface area contributed by atoms with Gasteiger partial charge in [-0.3, -0.25) is 4.72 Å². The van der Waals surface area contributed by atoms with Crippen LogP contribution in [0.5, 0.6) is 0 Å². The summed E-state index contributed by atoms with van der Waals surface area (Å²) in [7, 11) is 0. The molecule has 0 aliphatic rings. The van der Waals surface area contributed by atoms with Gasteiger partial charge in [0.1, 0.15) is 0 Å². The summed E-state index contributed by atoms with van der Waals surface area (Å²) >= 11 is -0.254. The fourth-order valence-electron chi connectivity index (χ4n) is 0.646. The molecule has 2 unspecified atom stereocenters. The van der Waals surface area contributed by atoms with Crippen molar-refractivity contribution in [2.45, 2.75) is 37.1 Å². The second-order valence-electron chi connectivity index (χ2n) is 2.91. The third kappa shape index (κ3) is 4.36. The van der Waals surface area contributed by atoms with Gasteiger partial charge in [-0.2, -0.15) is 22.0 Å². The van der Waals surface area contributed by atoms with E-state index in [-0.39, 0.29) is 18.5 Å². The number of alkyl halides is 7. The van der Waals surface area contributed by atoms with Crippen LogP contribution < -0.4 is 4.72 Å². The molecule has 0 heterocycles. The number of rotatable bonds is 6. The average Bonchev–Trinajstić information content (AvgIpc) is 2.15. The van der Waals surface area contributed by atoms with E-state index in [1.165, 1.54) is 0 Å². The van der Waals surface area contributed by atoms with Gasteiger partial charge >= 0.3 is 12.1 Å². The van der Waals surface area contributed by atoms with Gasteiger partial charge in [0.25, 0.3) is 6.17 Å². The summed E-state index contributed by atoms with van der Waals surface area (Å²) in [5.41, 5.74) is -3.30. The number of hydrogen-bond donors (Lipinski definition) is 1. The molecule has 0 aliphatic heterocycles. The van der Waals surface area contributed by atoms with Gasteiger partial charge in [-0.15, -0.1) is 0 Å². The lowest BCUT2D eigenvalue weighted by Gasteiger charge is -2.25. The van der Waals surface area contributed by atoms with Crippen LogP contribution in [-0.2, 0) is 0 Å². The summed E-state index contributed by atoms with van der Waals surface area (Å²) in [6.45, 7) is 1.77. The molecule has 1 N–H and O–H groups in total. The van der Waals surface area contributed by atoms with Crippen LogP contribution in [0.1, 0.15) is 13.3 Å². The Morgan fingerprint density at radius 1 is 1.12 bits per heavy atom. The molecule has 0 aliphatic carbocycles. The van der Waals surface area contributed by atoms with E-state index in [9.17, 15) is 30.7 Å². The summed E-state index contributed by atoms with van der Waals surface area (Å²) in [5.74, 6) is -5.11. The number of halogens is 7. The number of nitrogens with one attached hydrogen (secondary N) is 1. The van der Waals surface area contributed by atoms with Crippen molar-refractivity contribution in [2.24, 2.45) is 0 Å². The SMILES string of the molecule is CCCNSC(F)C(F)(F)C(F)C(F)(F)F. The summed E-state index contributed by atoms with van der Waals surface area (Å²) < 4.78 is 87.2. The Kier molecular flexibility index (Phi) is 5.88. The van der Waals surface area contributed by atoms with Crippen LogP contribution in [0.2, 0.25) is 0 Å². The summed E-state index contributed by atoms with van der Waals surface area (Å²) in [6, 6.07) is 0. The van der Waals surface area contributed by atoms with Gasteiger partial charge < -0.3 is 0 Å². The van der Waals surface area contributed by atoms with E-state index in [1.54, 1.807) is 6.92 Å². The minimum atomic E-state index is -5.78. The molecule has 2 atom stereocenters. The maximum Gasteiger partial charge on any atom is 0.425 e. The molecular weight excluding hydrogens is 263 g/mol. The van der Waals surface area contributed by atoms with E-state index in [4.69, 9.17) is 0 Å². The predicted molar refractivity (Wildman–Crippen MR) is 46.7 cm³/mol. The van der Waals surface area contributed by atoms with Crippen molar-refractivity contribution in [2.75, 3.05) is 6.54 Å². The molecule has 0 aromatic carbocycles. The van der Waals surface area contributed by atoms with Crippen LogP contribution >= 0.6 is 11.9 Å².